The average Bonchev–Trinajstić information content (AvgIpc) is 2.88. The van der Waals surface area contributed by atoms with E-state index in [9.17, 15) is 18.3 Å². The first-order chi connectivity index (χ1) is 18.3. The number of benzene rings is 2. The fourth-order valence-electron chi connectivity index (χ4n) is 5.81. The Balaban J connectivity index is 1.51. The quantitative estimate of drug-likeness (QED) is 0.445. The molecule has 2 aliphatic heterocycles. The maximum absolute atomic E-state index is 13.0. The highest BCUT2D eigenvalue weighted by molar-refractivity contribution is 7.88. The SMILES string of the molecule is O=C1NS(=O)(=O)NCCCCC(O)[C@@H]2CC[C@H]2CN2CCCCc3cc(Cl)ccc3COc3ccc1cc32. The summed E-state index contributed by atoms with van der Waals surface area (Å²) in [5.41, 5.74) is 3.27. The second kappa shape index (κ2) is 11.8. The molecule has 0 radical (unpaired) electrons. The molecule has 5 rings (SSSR count). The number of amides is 1. The molecule has 2 aromatic carbocycles. The number of hydrogen-bond donors (Lipinski definition) is 3. The number of nitrogens with zero attached hydrogens (tertiary/aromatic N) is 1. The number of ether oxygens (including phenoxy) is 1. The van der Waals surface area contributed by atoms with E-state index in [-0.39, 0.29) is 18.0 Å². The zero-order chi connectivity index (χ0) is 26.7. The van der Waals surface area contributed by atoms with Gasteiger partial charge in [0.25, 0.3) is 5.91 Å². The van der Waals surface area contributed by atoms with Gasteiger partial charge in [-0.05, 0) is 105 Å². The van der Waals surface area contributed by atoms with Crippen LogP contribution in [0.15, 0.2) is 36.4 Å². The van der Waals surface area contributed by atoms with Gasteiger partial charge < -0.3 is 14.7 Å². The fourth-order valence-corrected chi connectivity index (χ4v) is 6.85. The van der Waals surface area contributed by atoms with Crippen LogP contribution in [0.4, 0.5) is 5.69 Å². The molecule has 10 heteroatoms. The van der Waals surface area contributed by atoms with Crippen molar-refractivity contribution >= 4 is 33.4 Å². The number of aliphatic hydroxyl groups is 1. The minimum Gasteiger partial charge on any atom is -0.487 e. The van der Waals surface area contributed by atoms with Crippen molar-refractivity contribution in [3.63, 3.8) is 0 Å². The molecule has 1 aliphatic carbocycles. The molecule has 0 aromatic heterocycles. The van der Waals surface area contributed by atoms with E-state index < -0.39 is 22.2 Å². The van der Waals surface area contributed by atoms with Gasteiger partial charge in [0.1, 0.15) is 12.4 Å². The number of aliphatic hydroxyl groups excluding tert-OH is 1. The molecule has 2 heterocycles. The minimum atomic E-state index is -4.00. The number of hydrogen-bond acceptors (Lipinski definition) is 6. The van der Waals surface area contributed by atoms with E-state index in [0.717, 1.165) is 56.4 Å². The van der Waals surface area contributed by atoms with Crippen molar-refractivity contribution in [3.8, 4) is 5.75 Å². The van der Waals surface area contributed by atoms with Crippen molar-refractivity contribution < 1.29 is 23.1 Å². The van der Waals surface area contributed by atoms with Crippen molar-refractivity contribution in [3.05, 3.63) is 58.1 Å². The van der Waals surface area contributed by atoms with Gasteiger partial charge in [0.2, 0.25) is 0 Å². The molecule has 38 heavy (non-hydrogen) atoms. The van der Waals surface area contributed by atoms with Gasteiger partial charge in [-0.1, -0.05) is 17.7 Å². The summed E-state index contributed by atoms with van der Waals surface area (Å²) < 4.78 is 35.8. The lowest BCUT2D eigenvalue weighted by Crippen LogP contribution is -2.44. The summed E-state index contributed by atoms with van der Waals surface area (Å²) in [4.78, 5) is 15.2. The zero-order valence-corrected chi connectivity index (χ0v) is 23.1. The van der Waals surface area contributed by atoms with E-state index in [1.165, 1.54) is 5.56 Å². The maximum Gasteiger partial charge on any atom is 0.301 e. The molecular weight excluding hydrogens is 526 g/mol. The Kier molecular flexibility index (Phi) is 8.47. The van der Waals surface area contributed by atoms with Crippen LogP contribution >= 0.6 is 11.6 Å². The van der Waals surface area contributed by atoms with Gasteiger partial charge in [-0.25, -0.2) is 4.72 Å². The molecule has 8 nitrogen and oxygen atoms in total. The molecule has 206 valence electrons. The largest absolute Gasteiger partial charge is 0.487 e. The summed E-state index contributed by atoms with van der Waals surface area (Å²) in [5, 5.41) is 11.6. The molecule has 1 unspecified atom stereocenters. The maximum atomic E-state index is 13.0. The van der Waals surface area contributed by atoms with E-state index in [4.69, 9.17) is 16.3 Å². The van der Waals surface area contributed by atoms with Crippen molar-refractivity contribution in [1.29, 1.82) is 0 Å². The van der Waals surface area contributed by atoms with Gasteiger partial charge in [-0.3, -0.25) is 4.79 Å². The third kappa shape index (κ3) is 6.45. The zero-order valence-electron chi connectivity index (χ0n) is 21.5. The van der Waals surface area contributed by atoms with Crippen LogP contribution in [-0.4, -0.2) is 45.2 Å². The van der Waals surface area contributed by atoms with Gasteiger partial charge in [0.15, 0.2) is 0 Å². The second-order valence-electron chi connectivity index (χ2n) is 10.7. The topological polar surface area (TPSA) is 108 Å². The summed E-state index contributed by atoms with van der Waals surface area (Å²) in [6.45, 7) is 2.09. The molecular formula is C28H36ClN3O5S. The van der Waals surface area contributed by atoms with Gasteiger partial charge in [0, 0.05) is 30.2 Å². The number of nitrogens with one attached hydrogen (secondary N) is 2. The van der Waals surface area contributed by atoms with Crippen LogP contribution in [0.2, 0.25) is 5.02 Å². The molecule has 0 saturated heterocycles. The summed E-state index contributed by atoms with van der Waals surface area (Å²) >= 11 is 6.27. The number of anilines is 1. The van der Waals surface area contributed by atoms with Crippen LogP contribution in [0, 0.1) is 11.8 Å². The van der Waals surface area contributed by atoms with Crippen LogP contribution in [0.25, 0.3) is 0 Å². The molecule has 3 atom stereocenters. The number of carbonyl (C=O) groups excluding carboxylic acids is 1. The highest BCUT2D eigenvalue weighted by Gasteiger charge is 2.37. The number of rotatable bonds is 0. The lowest BCUT2D eigenvalue weighted by atomic mass is 9.69. The Morgan fingerprint density at radius 1 is 1.00 bits per heavy atom. The van der Waals surface area contributed by atoms with Crippen molar-refractivity contribution in [2.75, 3.05) is 24.5 Å². The third-order valence-corrected chi connectivity index (χ3v) is 9.38. The van der Waals surface area contributed by atoms with Crippen LogP contribution in [-0.2, 0) is 23.2 Å². The molecule has 2 aromatic rings. The Labute approximate surface area is 229 Å². The Bertz CT molecular complexity index is 1270. The number of carbonyl (C=O) groups is 1. The van der Waals surface area contributed by atoms with E-state index in [2.05, 4.69) is 14.3 Å². The summed E-state index contributed by atoms with van der Waals surface area (Å²) in [6, 6.07) is 11.0. The van der Waals surface area contributed by atoms with E-state index in [1.54, 1.807) is 18.2 Å². The lowest BCUT2D eigenvalue weighted by molar-refractivity contribution is 0.00949. The fraction of sp³-hybridized carbons (Fsp3) is 0.536. The Morgan fingerprint density at radius 3 is 2.68 bits per heavy atom. The molecule has 2 bridgehead atoms. The molecule has 1 fully saturated rings. The lowest BCUT2D eigenvalue weighted by Gasteiger charge is -2.43. The Morgan fingerprint density at radius 2 is 1.87 bits per heavy atom. The molecule has 3 N–H and O–H groups in total. The summed E-state index contributed by atoms with van der Waals surface area (Å²) in [5.74, 6) is 0.532. The molecule has 3 aliphatic rings. The van der Waals surface area contributed by atoms with Crippen molar-refractivity contribution in [1.82, 2.24) is 9.44 Å². The normalized spacial score (nSPS) is 26.4. The highest BCUT2D eigenvalue weighted by atomic mass is 35.5. The van der Waals surface area contributed by atoms with Crippen LogP contribution in [0.1, 0.15) is 66.4 Å². The number of fused-ring (bicyclic) bond motifs is 3. The second-order valence-corrected chi connectivity index (χ2v) is 12.6. The summed E-state index contributed by atoms with van der Waals surface area (Å²) in [6.07, 6.45) is 6.40. The van der Waals surface area contributed by atoms with Gasteiger partial charge in [0.05, 0.1) is 11.8 Å². The smallest absolute Gasteiger partial charge is 0.301 e. The standard InChI is InChI=1S/C28H36ClN3O5S/c29-23-10-7-22-18-37-27-12-9-20-16-25(27)32(14-4-2-5-19(22)15-23)17-21-8-11-24(21)26(33)6-1-3-13-30-38(35,36)31-28(20)34/h7,9-10,12,15-16,21,24,26,30,33H,1-6,8,11,13-14,17-18H2,(H,31,34)/t21-,24+,26?/m0/s1. The first kappa shape index (κ1) is 27.2. The van der Waals surface area contributed by atoms with Crippen molar-refractivity contribution in [2.45, 2.75) is 64.1 Å². The first-order valence-corrected chi connectivity index (χ1v) is 15.4. The van der Waals surface area contributed by atoms with E-state index >= 15 is 0 Å². The third-order valence-electron chi connectivity index (χ3n) is 8.11. The van der Waals surface area contributed by atoms with Gasteiger partial charge in [-0.15, -0.1) is 0 Å². The predicted molar refractivity (Wildman–Crippen MR) is 148 cm³/mol. The first-order valence-electron chi connectivity index (χ1n) is 13.6. The monoisotopic (exact) mass is 561 g/mol. The molecule has 1 saturated carbocycles. The van der Waals surface area contributed by atoms with Crippen LogP contribution < -0.4 is 19.1 Å². The van der Waals surface area contributed by atoms with Gasteiger partial charge in [-0.2, -0.15) is 13.1 Å². The van der Waals surface area contributed by atoms with Crippen LogP contribution in [0.3, 0.4) is 0 Å². The molecule has 1 amide bonds. The summed E-state index contributed by atoms with van der Waals surface area (Å²) in [7, 11) is -4.00. The Hall–Kier alpha value is -2.33. The minimum absolute atomic E-state index is 0.210. The number of halogens is 1. The van der Waals surface area contributed by atoms with Crippen LogP contribution in [0.5, 0.6) is 5.75 Å². The van der Waals surface area contributed by atoms with E-state index in [1.807, 2.05) is 18.2 Å². The average molecular weight is 562 g/mol. The van der Waals surface area contributed by atoms with Gasteiger partial charge >= 0.3 is 10.2 Å². The highest BCUT2D eigenvalue weighted by Crippen LogP contribution is 2.41. The molecule has 0 spiro atoms. The van der Waals surface area contributed by atoms with Crippen molar-refractivity contribution in [2.24, 2.45) is 11.8 Å². The predicted octanol–water partition coefficient (Wildman–Crippen LogP) is 4.20. The number of aryl methyl sites for hydroxylation is 1. The van der Waals surface area contributed by atoms with E-state index in [0.29, 0.717) is 42.6 Å².